The quantitative estimate of drug-likeness (QED) is 0.746. The van der Waals surface area contributed by atoms with Crippen LogP contribution in [0.3, 0.4) is 0 Å². The van der Waals surface area contributed by atoms with Crippen LogP contribution in [0, 0.1) is 11.8 Å². The van der Waals surface area contributed by atoms with Gasteiger partial charge in [-0.05, 0) is 43.3 Å². The minimum atomic E-state index is -1.81. The van der Waals surface area contributed by atoms with E-state index in [0.717, 1.165) is 25.9 Å². The summed E-state index contributed by atoms with van der Waals surface area (Å²) in [6, 6.07) is 0. The van der Waals surface area contributed by atoms with Gasteiger partial charge in [-0.25, -0.2) is 0 Å². The lowest BCUT2D eigenvalue weighted by Crippen LogP contribution is -2.44. The summed E-state index contributed by atoms with van der Waals surface area (Å²) in [7, 11) is -1.81. The second-order valence-corrected chi connectivity index (χ2v) is 14.3. The number of hydrogen-bond acceptors (Lipinski definition) is 5. The minimum Gasteiger partial charge on any atom is -0.416 e. The zero-order valence-corrected chi connectivity index (χ0v) is 17.5. The summed E-state index contributed by atoms with van der Waals surface area (Å²) >= 11 is 0. The van der Waals surface area contributed by atoms with E-state index in [4.69, 9.17) is 18.6 Å². The molecule has 2 aliphatic heterocycles. The van der Waals surface area contributed by atoms with Crippen LogP contribution in [-0.2, 0) is 18.6 Å². The third kappa shape index (κ3) is 4.47. The summed E-state index contributed by atoms with van der Waals surface area (Å²) in [6.07, 6.45) is 4.30. The monoisotopic (exact) mass is 372 g/mol. The Morgan fingerprint density at radius 2 is 1.92 bits per heavy atom. The fourth-order valence-electron chi connectivity index (χ4n) is 4.03. The van der Waals surface area contributed by atoms with E-state index in [1.165, 1.54) is 6.42 Å². The average molecular weight is 373 g/mol. The van der Waals surface area contributed by atoms with Gasteiger partial charge in [0.05, 0.1) is 12.2 Å². The Morgan fingerprint density at radius 3 is 2.56 bits per heavy atom. The molecule has 1 saturated carbocycles. The van der Waals surface area contributed by atoms with E-state index in [0.29, 0.717) is 18.9 Å². The zero-order chi connectivity index (χ0) is 18.2. The van der Waals surface area contributed by atoms with Crippen LogP contribution in [0.25, 0.3) is 0 Å². The highest BCUT2D eigenvalue weighted by Gasteiger charge is 2.51. The molecule has 5 nitrogen and oxygen atoms in total. The molecule has 0 aromatic carbocycles. The van der Waals surface area contributed by atoms with E-state index >= 15 is 0 Å². The topological polar surface area (TPSA) is 57.2 Å². The number of fused-ring (bicyclic) bond motifs is 1. The van der Waals surface area contributed by atoms with Crippen molar-refractivity contribution in [2.75, 3.05) is 13.2 Å². The van der Waals surface area contributed by atoms with Gasteiger partial charge in [-0.2, -0.15) is 0 Å². The minimum absolute atomic E-state index is 0.0853. The molecule has 6 heteroatoms. The summed E-state index contributed by atoms with van der Waals surface area (Å²) in [6.45, 7) is 12.9. The van der Waals surface area contributed by atoms with Gasteiger partial charge in [0.1, 0.15) is 0 Å². The van der Waals surface area contributed by atoms with Gasteiger partial charge in [0.15, 0.2) is 20.9 Å². The third-order valence-electron chi connectivity index (χ3n) is 6.68. The van der Waals surface area contributed by atoms with Crippen molar-refractivity contribution < 1.29 is 23.7 Å². The molecule has 0 aromatic rings. The number of aliphatic hydroxyl groups excluding tert-OH is 1. The van der Waals surface area contributed by atoms with Gasteiger partial charge in [-0.3, -0.25) is 0 Å². The van der Waals surface area contributed by atoms with Crippen molar-refractivity contribution in [2.24, 2.45) is 11.8 Å². The van der Waals surface area contributed by atoms with Gasteiger partial charge < -0.3 is 23.7 Å². The molecule has 3 aliphatic rings. The van der Waals surface area contributed by atoms with E-state index in [1.807, 2.05) is 0 Å². The van der Waals surface area contributed by atoms with E-state index in [9.17, 15) is 5.11 Å². The summed E-state index contributed by atoms with van der Waals surface area (Å²) in [5, 5.41) is 10.1. The lowest BCUT2D eigenvalue weighted by molar-refractivity contribution is -0.201. The maximum atomic E-state index is 9.90. The lowest BCUT2D eigenvalue weighted by atomic mass is 9.93. The molecule has 2 heterocycles. The predicted octanol–water partition coefficient (Wildman–Crippen LogP) is 3.66. The molecule has 1 N–H and O–H groups in total. The maximum absolute atomic E-state index is 9.90. The van der Waals surface area contributed by atoms with Gasteiger partial charge in [0.25, 0.3) is 0 Å². The SMILES string of the molecule is CC(C)(C)[Si](C)(C)OCC1C(OC2CCCCO2)CC2OC(O)CC21. The third-order valence-corrected chi connectivity index (χ3v) is 11.2. The van der Waals surface area contributed by atoms with Crippen LogP contribution in [0.4, 0.5) is 0 Å². The van der Waals surface area contributed by atoms with Crippen LogP contribution >= 0.6 is 0 Å². The molecule has 1 aliphatic carbocycles. The first-order valence-electron chi connectivity index (χ1n) is 9.92. The molecule has 3 rings (SSSR count). The van der Waals surface area contributed by atoms with Crippen molar-refractivity contribution in [3.05, 3.63) is 0 Å². The van der Waals surface area contributed by atoms with Crippen LogP contribution in [0.15, 0.2) is 0 Å². The number of ether oxygens (including phenoxy) is 3. The Kier molecular flexibility index (Phi) is 5.98. The Bertz CT molecular complexity index is 444. The van der Waals surface area contributed by atoms with Crippen LogP contribution in [0.1, 0.15) is 52.9 Å². The molecule has 0 amide bonds. The molecule has 146 valence electrons. The standard InChI is InChI=1S/C19H36O5Si/c1-19(2,3)25(4,5)22-12-14-13-10-17(20)23-15(13)11-16(14)24-18-8-6-7-9-21-18/h13-18,20H,6-12H2,1-5H3. The van der Waals surface area contributed by atoms with Crippen molar-refractivity contribution in [1.82, 2.24) is 0 Å². The van der Waals surface area contributed by atoms with Crippen LogP contribution in [-0.4, -0.2) is 51.4 Å². The average Bonchev–Trinajstić information content (AvgIpc) is 3.01. The molecule has 6 atom stereocenters. The van der Waals surface area contributed by atoms with Crippen molar-refractivity contribution >= 4 is 8.32 Å². The highest BCUT2D eigenvalue weighted by atomic mass is 28.4. The highest BCUT2D eigenvalue weighted by molar-refractivity contribution is 6.74. The smallest absolute Gasteiger partial charge is 0.191 e. The van der Waals surface area contributed by atoms with Crippen molar-refractivity contribution in [3.8, 4) is 0 Å². The van der Waals surface area contributed by atoms with Crippen LogP contribution < -0.4 is 0 Å². The number of rotatable bonds is 5. The van der Waals surface area contributed by atoms with Crippen molar-refractivity contribution in [3.63, 3.8) is 0 Å². The van der Waals surface area contributed by atoms with E-state index in [1.54, 1.807) is 0 Å². The molecular weight excluding hydrogens is 336 g/mol. The summed E-state index contributed by atoms with van der Waals surface area (Å²) in [5.41, 5.74) is 0. The molecule has 0 radical (unpaired) electrons. The summed E-state index contributed by atoms with van der Waals surface area (Å²) in [5.74, 6) is 0.607. The normalized spacial score (nSPS) is 39.6. The molecule has 0 bridgehead atoms. The van der Waals surface area contributed by atoms with Gasteiger partial charge in [-0.1, -0.05) is 20.8 Å². The molecule has 0 aromatic heterocycles. The Labute approximate surface area is 153 Å². The van der Waals surface area contributed by atoms with E-state index in [-0.39, 0.29) is 29.5 Å². The number of aliphatic hydroxyl groups is 1. The highest BCUT2D eigenvalue weighted by Crippen LogP contribution is 2.46. The Hall–Kier alpha value is 0.0169. The molecular formula is C19H36O5Si. The summed E-state index contributed by atoms with van der Waals surface area (Å²) < 4.78 is 24.4. The fraction of sp³-hybridized carbons (Fsp3) is 1.00. The van der Waals surface area contributed by atoms with Crippen molar-refractivity contribution in [1.29, 1.82) is 0 Å². The molecule has 2 saturated heterocycles. The first-order valence-corrected chi connectivity index (χ1v) is 12.8. The largest absolute Gasteiger partial charge is 0.416 e. The van der Waals surface area contributed by atoms with E-state index < -0.39 is 14.6 Å². The van der Waals surface area contributed by atoms with Gasteiger partial charge in [0, 0.05) is 32.0 Å². The maximum Gasteiger partial charge on any atom is 0.191 e. The first-order chi connectivity index (χ1) is 11.7. The Morgan fingerprint density at radius 1 is 1.16 bits per heavy atom. The van der Waals surface area contributed by atoms with E-state index in [2.05, 4.69) is 33.9 Å². The predicted molar refractivity (Wildman–Crippen MR) is 98.7 cm³/mol. The second kappa shape index (κ2) is 7.56. The number of hydrogen-bond donors (Lipinski definition) is 1. The van der Waals surface area contributed by atoms with Crippen LogP contribution in [0.5, 0.6) is 0 Å². The molecule has 6 unspecified atom stereocenters. The fourth-order valence-corrected chi connectivity index (χ4v) is 5.07. The molecule has 3 fully saturated rings. The van der Waals surface area contributed by atoms with Gasteiger partial charge >= 0.3 is 0 Å². The second-order valence-electron chi connectivity index (χ2n) is 9.47. The first kappa shape index (κ1) is 19.8. The molecule has 0 spiro atoms. The Balaban J connectivity index is 1.65. The van der Waals surface area contributed by atoms with Gasteiger partial charge in [0.2, 0.25) is 0 Å². The van der Waals surface area contributed by atoms with Crippen molar-refractivity contribution in [2.45, 2.75) is 95.8 Å². The lowest BCUT2D eigenvalue weighted by Gasteiger charge is -2.38. The molecule has 25 heavy (non-hydrogen) atoms. The van der Waals surface area contributed by atoms with Gasteiger partial charge in [-0.15, -0.1) is 0 Å². The summed E-state index contributed by atoms with van der Waals surface area (Å²) in [4.78, 5) is 0. The zero-order valence-electron chi connectivity index (χ0n) is 16.5. The van der Waals surface area contributed by atoms with Crippen LogP contribution in [0.2, 0.25) is 18.1 Å².